The van der Waals surface area contributed by atoms with Gasteiger partial charge in [-0.05, 0) is 24.3 Å². The Morgan fingerprint density at radius 3 is 2.30 bits per heavy atom. The van der Waals surface area contributed by atoms with E-state index in [4.69, 9.17) is 4.74 Å². The summed E-state index contributed by atoms with van der Waals surface area (Å²) in [6, 6.07) is 3.93. The monoisotopic (exact) mass is 314 g/mol. The van der Waals surface area contributed by atoms with E-state index in [2.05, 4.69) is 0 Å². The molecule has 7 nitrogen and oxygen atoms in total. The van der Waals surface area contributed by atoms with E-state index >= 15 is 0 Å². The highest BCUT2D eigenvalue weighted by atomic mass is 16.6. The van der Waals surface area contributed by atoms with Crippen LogP contribution in [0.3, 0.4) is 0 Å². The maximum Gasteiger partial charge on any atom is 0.271 e. The largest absolute Gasteiger partial charge is 0.495 e. The second kappa shape index (κ2) is 4.65. The Kier molecular flexibility index (Phi) is 2.81. The number of non-ortho nitro benzene ring substituents is 1. The molecule has 2 bridgehead atoms. The molecule has 0 N–H and O–H groups in total. The number of nitro groups is 1. The maximum absolute atomic E-state index is 12.8. The summed E-state index contributed by atoms with van der Waals surface area (Å²) in [6.45, 7) is 0. The minimum Gasteiger partial charge on any atom is -0.495 e. The standard InChI is InChI=1S/C16H14N2O5/c1-23-12-5-4-10(18(21)22)7-11(12)17-15(19)13-8-2-3-9(6-8)14(13)16(17)20/h2-5,7-9,13-14H,6H2,1H3/t8-,9+,13-,14+. The third kappa shape index (κ3) is 1.76. The highest BCUT2D eigenvalue weighted by molar-refractivity contribution is 6.23. The zero-order chi connectivity index (χ0) is 16.3. The van der Waals surface area contributed by atoms with Gasteiger partial charge in [-0.2, -0.15) is 0 Å². The van der Waals surface area contributed by atoms with Crippen molar-refractivity contribution in [3.05, 3.63) is 40.5 Å². The molecule has 1 saturated heterocycles. The van der Waals surface area contributed by atoms with E-state index in [0.717, 1.165) is 11.3 Å². The molecule has 1 aromatic carbocycles. The quantitative estimate of drug-likeness (QED) is 0.368. The van der Waals surface area contributed by atoms with Crippen molar-refractivity contribution in [2.75, 3.05) is 12.0 Å². The van der Waals surface area contributed by atoms with Crippen molar-refractivity contribution in [3.63, 3.8) is 0 Å². The molecule has 0 spiro atoms. The molecule has 4 atom stereocenters. The van der Waals surface area contributed by atoms with E-state index in [0.29, 0.717) is 0 Å². The number of imide groups is 1. The van der Waals surface area contributed by atoms with E-state index in [1.54, 1.807) is 0 Å². The first-order valence-corrected chi connectivity index (χ1v) is 7.41. The molecule has 1 saturated carbocycles. The Hall–Kier alpha value is -2.70. The van der Waals surface area contributed by atoms with E-state index in [9.17, 15) is 19.7 Å². The van der Waals surface area contributed by atoms with Crippen molar-refractivity contribution >= 4 is 23.2 Å². The highest BCUT2D eigenvalue weighted by Gasteiger charge is 2.60. The molecular formula is C16H14N2O5. The number of hydrogen-bond donors (Lipinski definition) is 0. The van der Waals surface area contributed by atoms with Crippen LogP contribution >= 0.6 is 0 Å². The minimum atomic E-state index is -0.556. The summed E-state index contributed by atoms with van der Waals surface area (Å²) in [6.07, 6.45) is 4.85. The molecule has 2 fully saturated rings. The topological polar surface area (TPSA) is 89.8 Å². The second-order valence-electron chi connectivity index (χ2n) is 6.13. The lowest BCUT2D eigenvalue weighted by Gasteiger charge is -2.19. The molecule has 2 amide bonds. The number of nitrogens with zero attached hydrogens (tertiary/aromatic N) is 2. The van der Waals surface area contributed by atoms with Gasteiger partial charge in [-0.25, -0.2) is 4.90 Å². The number of allylic oxidation sites excluding steroid dienone is 2. The Morgan fingerprint density at radius 2 is 1.78 bits per heavy atom. The number of anilines is 1. The van der Waals surface area contributed by atoms with Gasteiger partial charge in [-0.1, -0.05) is 12.2 Å². The summed E-state index contributed by atoms with van der Waals surface area (Å²) < 4.78 is 5.20. The Labute approximate surface area is 131 Å². The van der Waals surface area contributed by atoms with Gasteiger partial charge in [0.15, 0.2) is 0 Å². The lowest BCUT2D eigenvalue weighted by Crippen LogP contribution is -2.33. The SMILES string of the molecule is COc1ccc([N+](=O)[O-])cc1N1C(=O)[C@@H]2[C@H](C1=O)[C@@H]1C=C[C@H]2C1. The summed E-state index contributed by atoms with van der Waals surface area (Å²) >= 11 is 0. The third-order valence-electron chi connectivity index (χ3n) is 5.08. The van der Waals surface area contributed by atoms with Crippen LogP contribution in [0.4, 0.5) is 11.4 Å². The molecule has 3 aliphatic rings. The third-order valence-corrected chi connectivity index (χ3v) is 5.08. The molecule has 118 valence electrons. The molecule has 1 aromatic rings. The van der Waals surface area contributed by atoms with Crippen LogP contribution < -0.4 is 9.64 Å². The smallest absolute Gasteiger partial charge is 0.271 e. The number of carbonyl (C=O) groups excluding carboxylic acids is 2. The fourth-order valence-electron chi connectivity index (χ4n) is 4.11. The molecule has 0 unspecified atom stereocenters. The number of nitro benzene ring substituents is 1. The van der Waals surface area contributed by atoms with Gasteiger partial charge in [-0.3, -0.25) is 19.7 Å². The summed E-state index contributed by atoms with van der Waals surface area (Å²) in [5.74, 6) is -0.793. The Balaban J connectivity index is 1.80. The van der Waals surface area contributed by atoms with E-state index in [1.165, 1.54) is 25.3 Å². The molecule has 0 radical (unpaired) electrons. The molecule has 7 heteroatoms. The van der Waals surface area contributed by atoms with Crippen LogP contribution in [0, 0.1) is 33.8 Å². The number of carbonyl (C=O) groups is 2. The lowest BCUT2D eigenvalue weighted by atomic mass is 9.85. The number of hydrogen-bond acceptors (Lipinski definition) is 5. The van der Waals surface area contributed by atoms with Crippen molar-refractivity contribution in [1.29, 1.82) is 0 Å². The van der Waals surface area contributed by atoms with Crippen LogP contribution in [0.15, 0.2) is 30.4 Å². The van der Waals surface area contributed by atoms with Crippen molar-refractivity contribution in [2.45, 2.75) is 6.42 Å². The molecule has 23 heavy (non-hydrogen) atoms. The van der Waals surface area contributed by atoms with Crippen LogP contribution in [-0.4, -0.2) is 23.8 Å². The van der Waals surface area contributed by atoms with Gasteiger partial charge < -0.3 is 4.74 Å². The number of ether oxygens (including phenoxy) is 1. The van der Waals surface area contributed by atoms with Crippen LogP contribution in [0.5, 0.6) is 5.75 Å². The van der Waals surface area contributed by atoms with E-state index in [-0.39, 0.29) is 52.6 Å². The molecular weight excluding hydrogens is 300 g/mol. The van der Waals surface area contributed by atoms with Crippen molar-refractivity contribution in [2.24, 2.45) is 23.7 Å². The molecule has 1 aliphatic heterocycles. The highest BCUT2D eigenvalue weighted by Crippen LogP contribution is 2.54. The van der Waals surface area contributed by atoms with Crippen LogP contribution in [0.25, 0.3) is 0 Å². The van der Waals surface area contributed by atoms with Crippen molar-refractivity contribution in [1.82, 2.24) is 0 Å². The summed E-state index contributed by atoms with van der Waals surface area (Å²) in [4.78, 5) is 37.1. The summed E-state index contributed by atoms with van der Waals surface area (Å²) in [5.41, 5.74) is -0.0231. The normalized spacial score (nSPS) is 30.9. The minimum absolute atomic E-state index is 0.0937. The number of fused-ring (bicyclic) bond motifs is 5. The predicted octanol–water partition coefficient (Wildman–Crippen LogP) is 1.91. The van der Waals surface area contributed by atoms with E-state index in [1.807, 2.05) is 12.2 Å². The molecule has 2 aliphatic carbocycles. The van der Waals surface area contributed by atoms with Gasteiger partial charge in [0.05, 0.1) is 23.9 Å². The maximum atomic E-state index is 12.8. The average molecular weight is 314 g/mol. The number of amides is 2. The van der Waals surface area contributed by atoms with Gasteiger partial charge >= 0.3 is 0 Å². The summed E-state index contributed by atoms with van der Waals surface area (Å²) in [7, 11) is 1.40. The van der Waals surface area contributed by atoms with Gasteiger partial charge in [0.25, 0.3) is 5.69 Å². The van der Waals surface area contributed by atoms with Gasteiger partial charge in [-0.15, -0.1) is 0 Å². The van der Waals surface area contributed by atoms with Gasteiger partial charge in [0.2, 0.25) is 11.8 Å². The first-order valence-electron chi connectivity index (χ1n) is 7.41. The second-order valence-corrected chi connectivity index (χ2v) is 6.13. The van der Waals surface area contributed by atoms with Crippen molar-refractivity contribution in [3.8, 4) is 5.75 Å². The zero-order valence-corrected chi connectivity index (χ0v) is 12.3. The zero-order valence-electron chi connectivity index (χ0n) is 12.3. The first-order chi connectivity index (χ1) is 11.0. The molecule has 1 heterocycles. The van der Waals surface area contributed by atoms with Crippen LogP contribution in [-0.2, 0) is 9.59 Å². The Morgan fingerprint density at radius 1 is 1.17 bits per heavy atom. The van der Waals surface area contributed by atoms with E-state index < -0.39 is 4.92 Å². The van der Waals surface area contributed by atoms with Crippen LogP contribution in [0.2, 0.25) is 0 Å². The number of rotatable bonds is 3. The number of benzene rings is 1. The Bertz CT molecular complexity index is 742. The predicted molar refractivity (Wildman–Crippen MR) is 79.9 cm³/mol. The molecule has 0 aromatic heterocycles. The average Bonchev–Trinajstić information content (AvgIpc) is 3.21. The molecule has 4 rings (SSSR count). The van der Waals surface area contributed by atoms with Gasteiger partial charge in [0, 0.05) is 12.1 Å². The number of methoxy groups -OCH3 is 1. The van der Waals surface area contributed by atoms with Gasteiger partial charge in [0.1, 0.15) is 11.4 Å². The van der Waals surface area contributed by atoms with Crippen LogP contribution in [0.1, 0.15) is 6.42 Å². The summed E-state index contributed by atoms with van der Waals surface area (Å²) in [5, 5.41) is 11.0. The lowest BCUT2D eigenvalue weighted by molar-refractivity contribution is -0.384. The fraction of sp³-hybridized carbons (Fsp3) is 0.375. The first kappa shape index (κ1) is 13.9. The van der Waals surface area contributed by atoms with Crippen molar-refractivity contribution < 1.29 is 19.2 Å². The fourth-order valence-corrected chi connectivity index (χ4v) is 4.11.